The molecule has 13 heteroatoms. The van der Waals surface area contributed by atoms with Gasteiger partial charge >= 0.3 is 57.9 Å². The van der Waals surface area contributed by atoms with Crippen LogP contribution < -0.4 is 6.15 Å². The van der Waals surface area contributed by atoms with Gasteiger partial charge in [0, 0.05) is 0 Å². The van der Waals surface area contributed by atoms with Gasteiger partial charge in [0.1, 0.15) is 0 Å². The SMILES string of the molecule is N.O=C(O)CC(O)(CC(=O)OS(=O)(=O)O)C(=O)O.[NaH]. The van der Waals surface area contributed by atoms with Crippen LogP contribution in [0.4, 0.5) is 0 Å². The molecule has 0 radical (unpaired) electrons. The zero-order chi connectivity index (χ0) is 13.9. The van der Waals surface area contributed by atoms with Gasteiger partial charge in [-0.3, -0.25) is 14.1 Å². The summed E-state index contributed by atoms with van der Waals surface area (Å²) in [6.45, 7) is 0. The molecule has 0 aromatic heterocycles. The number of aliphatic carboxylic acids is 2. The minimum atomic E-state index is -5.15. The molecule has 0 heterocycles. The van der Waals surface area contributed by atoms with Crippen molar-refractivity contribution in [1.29, 1.82) is 0 Å². The maximum atomic E-state index is 10.8. The van der Waals surface area contributed by atoms with Crippen molar-refractivity contribution in [3.8, 4) is 0 Å². The molecule has 0 amide bonds. The Kier molecular flexibility index (Phi) is 10.3. The van der Waals surface area contributed by atoms with Gasteiger partial charge in [0.15, 0.2) is 5.60 Å². The average Bonchev–Trinajstić information content (AvgIpc) is 1.96. The van der Waals surface area contributed by atoms with Crippen molar-refractivity contribution in [2.45, 2.75) is 18.4 Å². The van der Waals surface area contributed by atoms with Crippen molar-refractivity contribution in [2.75, 3.05) is 0 Å². The number of carbonyl (C=O) groups is 3. The average molecular weight is 313 g/mol. The van der Waals surface area contributed by atoms with Crippen LogP contribution in [0, 0.1) is 0 Å². The molecule has 0 aliphatic carbocycles. The van der Waals surface area contributed by atoms with E-state index in [1.165, 1.54) is 0 Å². The fraction of sp³-hybridized carbons (Fsp3) is 0.500. The monoisotopic (exact) mass is 313 g/mol. The van der Waals surface area contributed by atoms with Crippen LogP contribution in [0.1, 0.15) is 12.8 Å². The van der Waals surface area contributed by atoms with Crippen LogP contribution in [0.25, 0.3) is 0 Å². The van der Waals surface area contributed by atoms with Gasteiger partial charge in [-0.05, 0) is 0 Å². The van der Waals surface area contributed by atoms with Crippen molar-refractivity contribution in [3.63, 3.8) is 0 Å². The molecule has 0 fully saturated rings. The predicted octanol–water partition coefficient (Wildman–Crippen LogP) is -2.47. The molecule has 0 aliphatic heterocycles. The number of carbonyl (C=O) groups excluding carboxylic acids is 1. The Morgan fingerprint density at radius 1 is 1.11 bits per heavy atom. The Balaban J connectivity index is -0.00000128. The molecule has 1 atom stereocenters. The van der Waals surface area contributed by atoms with Gasteiger partial charge in [0.05, 0.1) is 12.8 Å². The van der Waals surface area contributed by atoms with E-state index >= 15 is 0 Å². The Labute approximate surface area is 129 Å². The predicted molar refractivity (Wildman–Crippen MR) is 59.3 cm³/mol. The van der Waals surface area contributed by atoms with Gasteiger partial charge in [-0.1, -0.05) is 0 Å². The van der Waals surface area contributed by atoms with Crippen molar-refractivity contribution < 1.29 is 46.9 Å². The summed E-state index contributed by atoms with van der Waals surface area (Å²) < 4.78 is 31.6. The topological polar surface area (TPSA) is 210 Å². The Morgan fingerprint density at radius 3 is 1.79 bits per heavy atom. The van der Waals surface area contributed by atoms with E-state index in [9.17, 15) is 27.9 Å². The van der Waals surface area contributed by atoms with E-state index in [-0.39, 0.29) is 35.7 Å². The van der Waals surface area contributed by atoms with Crippen LogP contribution in [0.5, 0.6) is 0 Å². The van der Waals surface area contributed by atoms with Crippen molar-refractivity contribution in [3.05, 3.63) is 0 Å². The van der Waals surface area contributed by atoms with Gasteiger partial charge in [0.2, 0.25) is 0 Å². The number of hydrogen-bond acceptors (Lipinski definition) is 8. The Bertz CT molecular complexity index is 447. The molecule has 0 aromatic rings. The van der Waals surface area contributed by atoms with Gasteiger partial charge in [-0.2, -0.15) is 8.42 Å². The van der Waals surface area contributed by atoms with Crippen molar-refractivity contribution in [1.82, 2.24) is 6.15 Å². The molecule has 11 nitrogen and oxygen atoms in total. The molecule has 0 aromatic carbocycles. The third-order valence-electron chi connectivity index (χ3n) is 1.48. The number of hydrogen-bond donors (Lipinski definition) is 5. The molecule has 19 heavy (non-hydrogen) atoms. The van der Waals surface area contributed by atoms with Crippen LogP contribution in [-0.4, -0.2) is 81.4 Å². The normalized spacial score (nSPS) is 13.2. The minimum absolute atomic E-state index is 0. The Morgan fingerprint density at radius 2 is 1.53 bits per heavy atom. The first-order valence-electron chi connectivity index (χ1n) is 3.83. The van der Waals surface area contributed by atoms with Gasteiger partial charge in [0.25, 0.3) is 0 Å². The number of aliphatic hydroxyl groups is 1. The third-order valence-corrected chi connectivity index (χ3v) is 1.87. The summed E-state index contributed by atoms with van der Waals surface area (Å²) in [5, 5.41) is 26.1. The summed E-state index contributed by atoms with van der Waals surface area (Å²) in [4.78, 5) is 31.6. The fourth-order valence-electron chi connectivity index (χ4n) is 0.850. The zero-order valence-corrected chi connectivity index (χ0v) is 9.58. The van der Waals surface area contributed by atoms with Crippen LogP contribution in [0.3, 0.4) is 0 Å². The van der Waals surface area contributed by atoms with Crippen LogP contribution in [0.15, 0.2) is 0 Å². The summed E-state index contributed by atoms with van der Waals surface area (Å²) in [7, 11) is -5.15. The van der Waals surface area contributed by atoms with E-state index in [1.807, 2.05) is 0 Å². The van der Waals surface area contributed by atoms with E-state index in [4.69, 9.17) is 14.8 Å². The summed E-state index contributed by atoms with van der Waals surface area (Å²) in [6.07, 6.45) is -2.79. The van der Waals surface area contributed by atoms with E-state index in [2.05, 4.69) is 4.18 Å². The van der Waals surface area contributed by atoms with Gasteiger partial charge < -0.3 is 25.7 Å². The molecular formula is C6H12NNaO10S. The first-order valence-corrected chi connectivity index (χ1v) is 5.20. The van der Waals surface area contributed by atoms with Crippen molar-refractivity contribution in [2.24, 2.45) is 0 Å². The maximum absolute atomic E-state index is 10.8. The van der Waals surface area contributed by atoms with E-state index in [0.29, 0.717) is 0 Å². The van der Waals surface area contributed by atoms with E-state index in [0.717, 1.165) is 0 Å². The molecular weight excluding hydrogens is 301 g/mol. The van der Waals surface area contributed by atoms with E-state index in [1.54, 1.807) is 0 Å². The third kappa shape index (κ3) is 9.77. The summed E-state index contributed by atoms with van der Waals surface area (Å²) in [6, 6.07) is 0. The second kappa shape index (κ2) is 8.42. The van der Waals surface area contributed by atoms with Gasteiger partial charge in [-0.25, -0.2) is 4.79 Å². The summed E-state index contributed by atoms with van der Waals surface area (Å²) >= 11 is 0. The molecule has 7 N–H and O–H groups in total. The molecule has 0 bridgehead atoms. The zero-order valence-electron chi connectivity index (χ0n) is 8.77. The first-order chi connectivity index (χ1) is 7.46. The Hall–Kier alpha value is -0.760. The second-order valence-electron chi connectivity index (χ2n) is 2.97. The van der Waals surface area contributed by atoms with Crippen LogP contribution >= 0.6 is 0 Å². The summed E-state index contributed by atoms with van der Waals surface area (Å²) in [5.41, 5.74) is -3.02. The number of carboxylic acids is 2. The molecule has 0 spiro atoms. The van der Waals surface area contributed by atoms with Crippen LogP contribution in [-0.2, 0) is 29.0 Å². The molecule has 108 valence electrons. The number of rotatable bonds is 6. The molecule has 0 aliphatic rings. The molecule has 1 unspecified atom stereocenters. The van der Waals surface area contributed by atoms with Gasteiger partial charge in [-0.15, -0.1) is 0 Å². The first kappa shape index (κ1) is 23.3. The fourth-order valence-corrected chi connectivity index (χ4v) is 1.14. The molecule has 0 saturated carbocycles. The quantitative estimate of drug-likeness (QED) is 0.256. The standard InChI is InChI=1S/C6H8O10S.H3N.Na.H/c7-3(8)1-6(12,5(10)11)2-4(9)16-17(13,14)15;;;/h12H,1-2H2,(H,7,8)(H,10,11)(H,13,14,15);1H3;;. The van der Waals surface area contributed by atoms with Crippen LogP contribution in [0.2, 0.25) is 0 Å². The van der Waals surface area contributed by atoms with Crippen molar-refractivity contribution >= 4 is 57.9 Å². The number of carboxylic acid groups (broad SMARTS) is 2. The second-order valence-corrected chi connectivity index (χ2v) is 3.99. The molecule has 0 saturated heterocycles. The van der Waals surface area contributed by atoms with E-state index < -0.39 is 46.7 Å². The summed E-state index contributed by atoms with van der Waals surface area (Å²) in [5.74, 6) is -5.58. The molecule has 0 rings (SSSR count).